The summed E-state index contributed by atoms with van der Waals surface area (Å²) < 4.78 is 0. The Hall–Kier alpha value is -1.73. The van der Waals surface area contributed by atoms with E-state index < -0.39 is 0 Å². The van der Waals surface area contributed by atoms with Crippen molar-refractivity contribution in [2.24, 2.45) is 0 Å². The minimum atomic E-state index is 0.0385. The molecule has 1 atom stereocenters. The molecule has 0 aliphatic carbocycles. The van der Waals surface area contributed by atoms with Crippen LogP contribution in [0.15, 0.2) is 17.8 Å². The molecule has 0 aromatic carbocycles. The fraction of sp³-hybridized carbons (Fsp3) is 0.500. The van der Waals surface area contributed by atoms with Gasteiger partial charge in [0.25, 0.3) is 5.91 Å². The topological polar surface area (TPSA) is 73.9 Å². The third kappa shape index (κ3) is 2.98. The van der Waals surface area contributed by atoms with Gasteiger partial charge in [-0.05, 0) is 19.4 Å². The van der Waals surface area contributed by atoms with Gasteiger partial charge in [-0.15, -0.1) is 11.3 Å². The van der Waals surface area contributed by atoms with Crippen molar-refractivity contribution in [3.8, 4) is 10.6 Å². The van der Waals surface area contributed by atoms with Gasteiger partial charge in [0, 0.05) is 36.3 Å². The van der Waals surface area contributed by atoms with Crippen LogP contribution < -0.4 is 5.32 Å². The Labute approximate surface area is 127 Å². The molecule has 0 radical (unpaired) electrons. The Morgan fingerprint density at radius 1 is 1.57 bits per heavy atom. The van der Waals surface area contributed by atoms with Gasteiger partial charge in [0.05, 0.1) is 6.20 Å². The smallest absolute Gasteiger partial charge is 0.273 e. The molecule has 1 fully saturated rings. The molecule has 0 spiro atoms. The quantitative estimate of drug-likeness (QED) is 0.882. The second-order valence-corrected chi connectivity index (χ2v) is 6.03. The molecule has 21 heavy (non-hydrogen) atoms. The van der Waals surface area contributed by atoms with Crippen LogP contribution in [-0.4, -0.2) is 51.7 Å². The van der Waals surface area contributed by atoms with E-state index in [-0.39, 0.29) is 11.9 Å². The van der Waals surface area contributed by atoms with E-state index in [4.69, 9.17) is 0 Å². The molecule has 0 saturated carbocycles. The van der Waals surface area contributed by atoms with Crippen molar-refractivity contribution >= 4 is 17.2 Å². The second-order valence-electron chi connectivity index (χ2n) is 5.17. The molecule has 2 aromatic rings. The minimum Gasteiger partial charge on any atom is -0.333 e. The minimum absolute atomic E-state index is 0.0385. The van der Waals surface area contributed by atoms with Gasteiger partial charge in [-0.3, -0.25) is 9.89 Å². The first-order chi connectivity index (χ1) is 10.3. The fourth-order valence-corrected chi connectivity index (χ4v) is 3.39. The van der Waals surface area contributed by atoms with Crippen LogP contribution in [0.4, 0.5) is 0 Å². The van der Waals surface area contributed by atoms with Crippen LogP contribution in [0.5, 0.6) is 0 Å². The predicted molar refractivity (Wildman–Crippen MR) is 82.3 cm³/mol. The van der Waals surface area contributed by atoms with E-state index >= 15 is 0 Å². The van der Waals surface area contributed by atoms with E-state index in [2.05, 4.69) is 27.4 Å². The number of hydrogen-bond donors (Lipinski definition) is 2. The molecule has 1 unspecified atom stereocenters. The highest BCUT2D eigenvalue weighted by molar-refractivity contribution is 7.13. The molecular formula is C14H19N5OS. The van der Waals surface area contributed by atoms with Crippen molar-refractivity contribution in [1.29, 1.82) is 0 Å². The predicted octanol–water partition coefficient (Wildman–Crippen LogP) is 1.75. The first-order valence-electron chi connectivity index (χ1n) is 7.26. The lowest BCUT2D eigenvalue weighted by molar-refractivity contribution is 0.0687. The Morgan fingerprint density at radius 3 is 3.14 bits per heavy atom. The van der Waals surface area contributed by atoms with Crippen LogP contribution in [0.1, 0.15) is 30.3 Å². The Kier molecular flexibility index (Phi) is 4.31. The first-order valence-corrected chi connectivity index (χ1v) is 8.14. The van der Waals surface area contributed by atoms with Crippen LogP contribution in [0.2, 0.25) is 0 Å². The van der Waals surface area contributed by atoms with E-state index in [9.17, 15) is 4.79 Å². The molecule has 3 heterocycles. The van der Waals surface area contributed by atoms with E-state index in [1.54, 1.807) is 12.4 Å². The van der Waals surface area contributed by atoms with E-state index in [0.717, 1.165) is 43.0 Å². The number of hydrogen-bond acceptors (Lipinski definition) is 5. The lowest BCUT2D eigenvalue weighted by atomic mass is 10.2. The van der Waals surface area contributed by atoms with Gasteiger partial charge in [0.15, 0.2) is 0 Å². The third-order valence-corrected chi connectivity index (χ3v) is 4.56. The lowest BCUT2D eigenvalue weighted by Gasteiger charge is -2.27. The van der Waals surface area contributed by atoms with Crippen molar-refractivity contribution in [1.82, 2.24) is 25.4 Å². The summed E-state index contributed by atoms with van der Waals surface area (Å²) in [6, 6.07) is 0.288. The summed E-state index contributed by atoms with van der Waals surface area (Å²) in [6.45, 7) is 4.74. The number of carbonyl (C=O) groups is 1. The van der Waals surface area contributed by atoms with Crippen molar-refractivity contribution < 1.29 is 4.79 Å². The maximum Gasteiger partial charge on any atom is 0.273 e. The highest BCUT2D eigenvalue weighted by atomic mass is 32.1. The molecule has 1 aliphatic heterocycles. The Morgan fingerprint density at radius 2 is 2.48 bits per heavy atom. The number of aromatic nitrogens is 3. The zero-order valence-corrected chi connectivity index (χ0v) is 12.8. The van der Waals surface area contributed by atoms with E-state index in [0.29, 0.717) is 5.69 Å². The molecule has 1 amide bonds. The van der Waals surface area contributed by atoms with Crippen molar-refractivity contribution in [3.63, 3.8) is 0 Å². The molecule has 7 heteroatoms. The average Bonchev–Trinajstić information content (AvgIpc) is 3.25. The summed E-state index contributed by atoms with van der Waals surface area (Å²) in [6.07, 6.45) is 5.49. The zero-order chi connectivity index (χ0) is 14.7. The molecular weight excluding hydrogens is 286 g/mol. The largest absolute Gasteiger partial charge is 0.333 e. The van der Waals surface area contributed by atoms with Crippen LogP contribution in [0, 0.1) is 0 Å². The van der Waals surface area contributed by atoms with Gasteiger partial charge >= 0.3 is 0 Å². The monoisotopic (exact) mass is 305 g/mol. The summed E-state index contributed by atoms with van der Waals surface area (Å²) in [5.41, 5.74) is 1.46. The average molecular weight is 305 g/mol. The van der Waals surface area contributed by atoms with Crippen molar-refractivity contribution in [3.05, 3.63) is 23.5 Å². The molecule has 2 aromatic heterocycles. The first kappa shape index (κ1) is 14.2. The number of thiazole rings is 1. The molecule has 1 saturated heterocycles. The number of aromatic amines is 1. The molecule has 6 nitrogen and oxygen atoms in total. The van der Waals surface area contributed by atoms with Gasteiger partial charge in [0.1, 0.15) is 10.7 Å². The summed E-state index contributed by atoms with van der Waals surface area (Å²) >= 11 is 1.48. The third-order valence-electron chi connectivity index (χ3n) is 3.67. The standard InChI is InChI=1S/C14H19N5OS/c1-2-5-19(11-3-4-15-8-11)14(20)12-9-21-13(18-12)10-6-16-17-7-10/h6-7,9,11,15H,2-5,8H2,1H3,(H,16,17). The fourth-order valence-electron chi connectivity index (χ4n) is 2.62. The molecule has 3 rings (SSSR count). The molecule has 112 valence electrons. The van der Waals surface area contributed by atoms with Gasteiger partial charge < -0.3 is 10.2 Å². The molecule has 2 N–H and O–H groups in total. The highest BCUT2D eigenvalue weighted by Crippen LogP contribution is 2.24. The van der Waals surface area contributed by atoms with Gasteiger partial charge in [0.2, 0.25) is 0 Å². The van der Waals surface area contributed by atoms with Crippen LogP contribution in [0.25, 0.3) is 10.6 Å². The second kappa shape index (κ2) is 6.36. The van der Waals surface area contributed by atoms with E-state index in [1.165, 1.54) is 11.3 Å². The normalized spacial score (nSPS) is 18.0. The summed E-state index contributed by atoms with van der Waals surface area (Å²) in [4.78, 5) is 19.2. The van der Waals surface area contributed by atoms with Crippen LogP contribution in [0.3, 0.4) is 0 Å². The summed E-state index contributed by atoms with van der Waals surface area (Å²) in [7, 11) is 0. The number of amides is 1. The number of carbonyl (C=O) groups excluding carboxylic acids is 1. The number of nitrogens with one attached hydrogen (secondary N) is 2. The van der Waals surface area contributed by atoms with Crippen LogP contribution in [-0.2, 0) is 0 Å². The van der Waals surface area contributed by atoms with Crippen molar-refractivity contribution in [2.75, 3.05) is 19.6 Å². The number of H-pyrrole nitrogens is 1. The SMILES string of the molecule is CCCN(C(=O)c1csc(-c2cn[nH]c2)n1)C1CCNC1. The van der Waals surface area contributed by atoms with Gasteiger partial charge in [-0.25, -0.2) is 4.98 Å². The lowest BCUT2D eigenvalue weighted by Crippen LogP contribution is -2.42. The Balaban J connectivity index is 1.79. The van der Waals surface area contributed by atoms with Gasteiger partial charge in [-0.1, -0.05) is 6.92 Å². The molecule has 0 bridgehead atoms. The summed E-state index contributed by atoms with van der Waals surface area (Å²) in [5, 5.41) is 12.7. The number of nitrogens with zero attached hydrogens (tertiary/aromatic N) is 3. The maximum absolute atomic E-state index is 12.7. The maximum atomic E-state index is 12.7. The van der Waals surface area contributed by atoms with Gasteiger partial charge in [-0.2, -0.15) is 5.10 Å². The Bertz CT molecular complexity index is 588. The highest BCUT2D eigenvalue weighted by Gasteiger charge is 2.28. The number of rotatable bonds is 5. The zero-order valence-electron chi connectivity index (χ0n) is 12.0. The molecule has 1 aliphatic rings. The van der Waals surface area contributed by atoms with E-state index in [1.807, 2.05) is 10.3 Å². The van der Waals surface area contributed by atoms with Crippen molar-refractivity contribution in [2.45, 2.75) is 25.8 Å². The van der Waals surface area contributed by atoms with Crippen LogP contribution >= 0.6 is 11.3 Å². The summed E-state index contributed by atoms with van der Waals surface area (Å²) in [5.74, 6) is 0.0385.